The van der Waals surface area contributed by atoms with Crippen molar-refractivity contribution in [3.8, 4) is 6.07 Å². The lowest BCUT2D eigenvalue weighted by molar-refractivity contribution is -0.115. The summed E-state index contributed by atoms with van der Waals surface area (Å²) in [7, 11) is 0. The Morgan fingerprint density at radius 1 is 1.00 bits per heavy atom. The SMILES string of the molecule is N#Cc1ccc(CN2CCN(C(=O)NCC(=O)Nc3ccc(Cl)cc3)CC2)cc1. The lowest BCUT2D eigenvalue weighted by atomic mass is 10.1. The van der Waals surface area contributed by atoms with Gasteiger partial charge in [-0.05, 0) is 42.0 Å². The molecular formula is C21H22ClN5O2. The molecule has 29 heavy (non-hydrogen) atoms. The molecule has 0 radical (unpaired) electrons. The standard InChI is InChI=1S/C21H22ClN5O2/c22-18-5-7-19(8-6-18)25-20(28)14-24-21(29)27-11-9-26(10-12-27)15-17-3-1-16(13-23)2-4-17/h1-8H,9-12,14-15H2,(H,24,29)(H,25,28). The first-order valence-corrected chi connectivity index (χ1v) is 9.71. The molecule has 2 aromatic rings. The minimum Gasteiger partial charge on any atom is -0.329 e. The summed E-state index contributed by atoms with van der Waals surface area (Å²) in [4.78, 5) is 28.3. The molecule has 0 atom stereocenters. The fourth-order valence-corrected chi connectivity index (χ4v) is 3.18. The molecule has 0 aromatic heterocycles. The van der Waals surface area contributed by atoms with Gasteiger partial charge in [-0.3, -0.25) is 9.69 Å². The number of anilines is 1. The van der Waals surface area contributed by atoms with Crippen LogP contribution in [0.25, 0.3) is 0 Å². The molecule has 0 bridgehead atoms. The molecule has 2 aromatic carbocycles. The van der Waals surface area contributed by atoms with E-state index in [1.54, 1.807) is 29.2 Å². The Labute approximate surface area is 174 Å². The van der Waals surface area contributed by atoms with E-state index >= 15 is 0 Å². The van der Waals surface area contributed by atoms with Crippen molar-refractivity contribution in [2.45, 2.75) is 6.54 Å². The van der Waals surface area contributed by atoms with Crippen molar-refractivity contribution in [3.05, 3.63) is 64.7 Å². The highest BCUT2D eigenvalue weighted by Crippen LogP contribution is 2.13. The first kappa shape index (κ1) is 20.6. The van der Waals surface area contributed by atoms with Gasteiger partial charge < -0.3 is 15.5 Å². The van der Waals surface area contributed by atoms with Gasteiger partial charge >= 0.3 is 6.03 Å². The van der Waals surface area contributed by atoms with Gasteiger partial charge in [0.25, 0.3) is 0 Å². The smallest absolute Gasteiger partial charge is 0.317 e. The molecule has 1 saturated heterocycles. The molecule has 1 aliphatic rings. The number of amides is 3. The summed E-state index contributed by atoms with van der Waals surface area (Å²) >= 11 is 5.81. The second-order valence-corrected chi connectivity index (χ2v) is 7.22. The van der Waals surface area contributed by atoms with Crippen molar-refractivity contribution in [1.29, 1.82) is 5.26 Å². The molecule has 3 rings (SSSR count). The predicted octanol–water partition coefficient (Wildman–Crippen LogP) is 2.68. The zero-order valence-corrected chi connectivity index (χ0v) is 16.7. The van der Waals surface area contributed by atoms with Crippen molar-refractivity contribution < 1.29 is 9.59 Å². The van der Waals surface area contributed by atoms with Gasteiger partial charge in [0, 0.05) is 43.4 Å². The van der Waals surface area contributed by atoms with Gasteiger partial charge in [-0.25, -0.2) is 4.79 Å². The van der Waals surface area contributed by atoms with E-state index in [0.717, 1.165) is 25.2 Å². The molecule has 3 amide bonds. The minimum absolute atomic E-state index is 0.0904. The van der Waals surface area contributed by atoms with E-state index in [-0.39, 0.29) is 18.5 Å². The van der Waals surface area contributed by atoms with Crippen LogP contribution in [-0.2, 0) is 11.3 Å². The maximum atomic E-state index is 12.3. The maximum Gasteiger partial charge on any atom is 0.317 e. The molecule has 0 spiro atoms. The Kier molecular flexibility index (Phi) is 7.06. The van der Waals surface area contributed by atoms with Crippen LogP contribution in [0.2, 0.25) is 5.02 Å². The molecule has 7 nitrogen and oxygen atoms in total. The van der Waals surface area contributed by atoms with Crippen LogP contribution in [0.4, 0.5) is 10.5 Å². The number of nitriles is 1. The number of nitrogens with one attached hydrogen (secondary N) is 2. The number of carbonyl (C=O) groups excluding carboxylic acids is 2. The third kappa shape index (κ3) is 6.21. The molecule has 0 aliphatic carbocycles. The molecular weight excluding hydrogens is 390 g/mol. The van der Waals surface area contributed by atoms with Gasteiger partial charge in [0.05, 0.1) is 18.2 Å². The second-order valence-electron chi connectivity index (χ2n) is 6.79. The summed E-state index contributed by atoms with van der Waals surface area (Å²) in [6.45, 7) is 3.40. The van der Waals surface area contributed by atoms with Crippen molar-refractivity contribution in [1.82, 2.24) is 15.1 Å². The summed E-state index contributed by atoms with van der Waals surface area (Å²) in [5.41, 5.74) is 2.42. The topological polar surface area (TPSA) is 88.5 Å². The number of halogens is 1. The quantitative estimate of drug-likeness (QED) is 0.791. The second kappa shape index (κ2) is 9.92. The summed E-state index contributed by atoms with van der Waals surface area (Å²) < 4.78 is 0. The van der Waals surface area contributed by atoms with Crippen LogP contribution in [0.1, 0.15) is 11.1 Å². The third-order valence-corrected chi connectivity index (χ3v) is 4.93. The van der Waals surface area contributed by atoms with E-state index in [1.807, 2.05) is 24.3 Å². The monoisotopic (exact) mass is 411 g/mol. The molecule has 0 saturated carbocycles. The van der Waals surface area contributed by atoms with Crippen molar-refractivity contribution >= 4 is 29.2 Å². The lowest BCUT2D eigenvalue weighted by Gasteiger charge is -2.34. The Balaban J connectivity index is 1.38. The van der Waals surface area contributed by atoms with E-state index in [2.05, 4.69) is 21.6 Å². The predicted molar refractivity (Wildman–Crippen MR) is 111 cm³/mol. The summed E-state index contributed by atoms with van der Waals surface area (Å²) in [6, 6.07) is 16.2. The Morgan fingerprint density at radius 2 is 1.66 bits per heavy atom. The van der Waals surface area contributed by atoms with Gasteiger partial charge in [0.1, 0.15) is 0 Å². The van der Waals surface area contributed by atoms with Crippen molar-refractivity contribution in [2.75, 3.05) is 38.0 Å². The number of urea groups is 1. The molecule has 2 N–H and O–H groups in total. The van der Waals surface area contributed by atoms with Crippen LogP contribution in [-0.4, -0.2) is 54.5 Å². The normalized spacial score (nSPS) is 14.1. The van der Waals surface area contributed by atoms with Crippen LogP contribution >= 0.6 is 11.6 Å². The van der Waals surface area contributed by atoms with Crippen LogP contribution in [0.3, 0.4) is 0 Å². The average molecular weight is 412 g/mol. The van der Waals surface area contributed by atoms with Crippen LogP contribution in [0, 0.1) is 11.3 Å². The first-order chi connectivity index (χ1) is 14.0. The van der Waals surface area contributed by atoms with Crippen LogP contribution < -0.4 is 10.6 Å². The van der Waals surface area contributed by atoms with Crippen molar-refractivity contribution in [3.63, 3.8) is 0 Å². The maximum absolute atomic E-state index is 12.3. The molecule has 150 valence electrons. The first-order valence-electron chi connectivity index (χ1n) is 9.33. The van der Waals surface area contributed by atoms with E-state index in [9.17, 15) is 9.59 Å². The molecule has 1 fully saturated rings. The fourth-order valence-electron chi connectivity index (χ4n) is 3.06. The van der Waals surface area contributed by atoms with Gasteiger partial charge in [0.15, 0.2) is 0 Å². The van der Waals surface area contributed by atoms with Gasteiger partial charge in [-0.2, -0.15) is 5.26 Å². The van der Waals surface area contributed by atoms with Gasteiger partial charge in [0.2, 0.25) is 5.91 Å². The Hall–Kier alpha value is -3.08. The number of hydrogen-bond donors (Lipinski definition) is 2. The lowest BCUT2D eigenvalue weighted by Crippen LogP contribution is -2.52. The van der Waals surface area contributed by atoms with Crippen LogP contribution in [0.5, 0.6) is 0 Å². The summed E-state index contributed by atoms with van der Waals surface area (Å²) in [5, 5.41) is 14.8. The number of piperazine rings is 1. The minimum atomic E-state index is -0.292. The number of nitrogens with zero attached hydrogens (tertiary/aromatic N) is 3. The molecule has 1 heterocycles. The highest BCUT2D eigenvalue weighted by molar-refractivity contribution is 6.30. The molecule has 8 heteroatoms. The zero-order chi connectivity index (χ0) is 20.6. The molecule has 1 aliphatic heterocycles. The Morgan fingerprint density at radius 3 is 2.28 bits per heavy atom. The fraction of sp³-hybridized carbons (Fsp3) is 0.286. The van der Waals surface area contributed by atoms with E-state index < -0.39 is 0 Å². The highest BCUT2D eigenvalue weighted by Gasteiger charge is 2.21. The number of carbonyl (C=O) groups is 2. The average Bonchev–Trinajstić information content (AvgIpc) is 2.75. The van der Waals surface area contributed by atoms with Gasteiger partial charge in [-0.1, -0.05) is 23.7 Å². The highest BCUT2D eigenvalue weighted by atomic mass is 35.5. The third-order valence-electron chi connectivity index (χ3n) is 4.68. The van der Waals surface area contributed by atoms with E-state index in [4.69, 9.17) is 16.9 Å². The zero-order valence-electron chi connectivity index (χ0n) is 15.9. The van der Waals surface area contributed by atoms with Crippen molar-refractivity contribution in [2.24, 2.45) is 0 Å². The largest absolute Gasteiger partial charge is 0.329 e. The van der Waals surface area contributed by atoms with E-state index in [1.165, 1.54) is 0 Å². The number of rotatable bonds is 5. The Bertz CT molecular complexity index is 885. The number of benzene rings is 2. The summed E-state index contributed by atoms with van der Waals surface area (Å²) in [6.07, 6.45) is 0. The molecule has 0 unspecified atom stereocenters. The van der Waals surface area contributed by atoms with E-state index in [0.29, 0.717) is 29.4 Å². The van der Waals surface area contributed by atoms with Gasteiger partial charge in [-0.15, -0.1) is 0 Å². The summed E-state index contributed by atoms with van der Waals surface area (Å²) in [5.74, 6) is -0.292. The van der Waals surface area contributed by atoms with Crippen LogP contribution in [0.15, 0.2) is 48.5 Å². The number of hydrogen-bond acceptors (Lipinski definition) is 4.